The minimum Gasteiger partial charge on any atom is -0.490 e. The van der Waals surface area contributed by atoms with E-state index in [9.17, 15) is 8.42 Å². The van der Waals surface area contributed by atoms with E-state index in [4.69, 9.17) is 4.74 Å². The number of benzene rings is 2. The zero-order valence-corrected chi connectivity index (χ0v) is 17.3. The van der Waals surface area contributed by atoms with E-state index in [0.717, 1.165) is 16.4 Å². The highest BCUT2D eigenvalue weighted by Gasteiger charge is 2.25. The second-order valence-electron chi connectivity index (χ2n) is 6.31. The van der Waals surface area contributed by atoms with E-state index < -0.39 is 10.0 Å². The quantitative estimate of drug-likeness (QED) is 0.587. The van der Waals surface area contributed by atoms with E-state index in [2.05, 4.69) is 15.9 Å². The summed E-state index contributed by atoms with van der Waals surface area (Å²) in [5, 5.41) is 0.773. The number of rotatable bonds is 6. The summed E-state index contributed by atoms with van der Waals surface area (Å²) >= 11 is 3.46. The number of fused-ring (bicyclic) bond motifs is 1. The molecule has 138 valence electrons. The van der Waals surface area contributed by atoms with Crippen LogP contribution in [-0.2, 0) is 10.0 Å². The summed E-state index contributed by atoms with van der Waals surface area (Å²) in [4.78, 5) is 2.27. The number of halogens is 1. The van der Waals surface area contributed by atoms with Crippen molar-refractivity contribution in [2.24, 2.45) is 0 Å². The van der Waals surface area contributed by atoms with Gasteiger partial charge in [0.15, 0.2) is 0 Å². The maximum Gasteiger partial charge on any atom is 0.268 e. The summed E-state index contributed by atoms with van der Waals surface area (Å²) in [6, 6.07) is 14.0. The van der Waals surface area contributed by atoms with Crippen LogP contribution < -0.4 is 4.74 Å². The SMILES string of the molecule is Cc1c(OCCN(C)C)c2cc(Br)ccc2n1S(=O)(=O)c1ccccc1. The van der Waals surface area contributed by atoms with Gasteiger partial charge in [-0.1, -0.05) is 34.1 Å². The third-order valence-electron chi connectivity index (χ3n) is 4.12. The Morgan fingerprint density at radius 1 is 1.12 bits per heavy atom. The lowest BCUT2D eigenvalue weighted by Gasteiger charge is -2.12. The van der Waals surface area contributed by atoms with Crippen molar-refractivity contribution in [3.63, 3.8) is 0 Å². The number of likely N-dealkylation sites (N-methyl/N-ethyl adjacent to an activating group) is 1. The molecule has 0 aliphatic heterocycles. The Morgan fingerprint density at radius 2 is 1.81 bits per heavy atom. The van der Waals surface area contributed by atoms with Gasteiger partial charge in [0.1, 0.15) is 12.4 Å². The predicted octanol–water partition coefficient (Wildman–Crippen LogP) is 3.89. The zero-order valence-electron chi connectivity index (χ0n) is 14.9. The zero-order chi connectivity index (χ0) is 18.9. The largest absolute Gasteiger partial charge is 0.490 e. The molecular weight excluding hydrogens is 416 g/mol. The van der Waals surface area contributed by atoms with Gasteiger partial charge in [0.05, 0.1) is 16.1 Å². The molecule has 1 heterocycles. The van der Waals surface area contributed by atoms with Crippen molar-refractivity contribution in [2.75, 3.05) is 27.2 Å². The average Bonchev–Trinajstić information content (AvgIpc) is 2.87. The Labute approximate surface area is 162 Å². The van der Waals surface area contributed by atoms with E-state index in [1.807, 2.05) is 31.1 Å². The molecule has 1 aromatic heterocycles. The van der Waals surface area contributed by atoms with Gasteiger partial charge in [0.2, 0.25) is 0 Å². The van der Waals surface area contributed by atoms with Gasteiger partial charge in [-0.25, -0.2) is 12.4 Å². The first-order chi connectivity index (χ1) is 12.3. The van der Waals surface area contributed by atoms with Crippen LogP contribution in [0.2, 0.25) is 0 Å². The summed E-state index contributed by atoms with van der Waals surface area (Å²) in [6.45, 7) is 3.00. The summed E-state index contributed by atoms with van der Waals surface area (Å²) in [5.41, 5.74) is 1.18. The Morgan fingerprint density at radius 3 is 2.46 bits per heavy atom. The topological polar surface area (TPSA) is 51.5 Å². The van der Waals surface area contributed by atoms with Crippen LogP contribution in [0.25, 0.3) is 10.9 Å². The molecule has 3 aromatic rings. The van der Waals surface area contributed by atoms with Crippen molar-refractivity contribution in [1.82, 2.24) is 8.87 Å². The summed E-state index contributed by atoms with van der Waals surface area (Å²) < 4.78 is 34.7. The average molecular weight is 437 g/mol. The van der Waals surface area contributed by atoms with E-state index >= 15 is 0 Å². The third kappa shape index (κ3) is 3.51. The number of hydrogen-bond donors (Lipinski definition) is 0. The van der Waals surface area contributed by atoms with E-state index in [0.29, 0.717) is 23.6 Å². The van der Waals surface area contributed by atoms with Crippen molar-refractivity contribution < 1.29 is 13.2 Å². The molecule has 0 fully saturated rings. The second-order valence-corrected chi connectivity index (χ2v) is 9.01. The molecule has 7 heteroatoms. The summed E-state index contributed by atoms with van der Waals surface area (Å²) in [6.07, 6.45) is 0. The molecule has 0 aliphatic carbocycles. The highest BCUT2D eigenvalue weighted by Crippen LogP contribution is 2.37. The van der Waals surface area contributed by atoms with E-state index in [1.54, 1.807) is 43.3 Å². The van der Waals surface area contributed by atoms with Gasteiger partial charge in [-0.2, -0.15) is 0 Å². The molecule has 0 spiro atoms. The Balaban J connectivity index is 2.19. The van der Waals surface area contributed by atoms with Crippen LogP contribution >= 0.6 is 15.9 Å². The molecule has 0 N–H and O–H groups in total. The number of nitrogens with zero attached hydrogens (tertiary/aromatic N) is 2. The van der Waals surface area contributed by atoms with Crippen LogP contribution in [0.5, 0.6) is 5.75 Å². The molecule has 0 saturated heterocycles. The maximum absolute atomic E-state index is 13.2. The lowest BCUT2D eigenvalue weighted by Crippen LogP contribution is -2.20. The van der Waals surface area contributed by atoms with Gasteiger partial charge in [-0.15, -0.1) is 0 Å². The van der Waals surface area contributed by atoms with Gasteiger partial charge >= 0.3 is 0 Å². The van der Waals surface area contributed by atoms with Crippen LogP contribution in [-0.4, -0.2) is 44.5 Å². The molecule has 5 nitrogen and oxygen atoms in total. The molecule has 0 aliphatic rings. The Bertz CT molecular complexity index is 1030. The van der Waals surface area contributed by atoms with Gasteiger partial charge in [0, 0.05) is 16.4 Å². The van der Waals surface area contributed by atoms with Gasteiger partial charge in [-0.05, 0) is 51.4 Å². The maximum atomic E-state index is 13.2. The van der Waals surface area contributed by atoms with Crippen molar-refractivity contribution in [2.45, 2.75) is 11.8 Å². The standard InChI is InChI=1S/C19H21BrN2O3S/c1-14-19(25-12-11-21(2)3)17-13-15(20)9-10-18(17)22(14)26(23,24)16-7-5-4-6-8-16/h4-10,13H,11-12H2,1-3H3. The summed E-state index contributed by atoms with van der Waals surface area (Å²) in [7, 11) is 0.218. The van der Waals surface area contributed by atoms with Crippen LogP contribution in [0.1, 0.15) is 5.69 Å². The molecule has 2 aromatic carbocycles. The molecule has 0 radical (unpaired) electrons. The van der Waals surface area contributed by atoms with Crippen LogP contribution in [0.3, 0.4) is 0 Å². The first-order valence-electron chi connectivity index (χ1n) is 8.21. The molecular formula is C19H21BrN2O3S. The monoisotopic (exact) mass is 436 g/mol. The fourth-order valence-corrected chi connectivity index (χ4v) is 4.79. The Hall–Kier alpha value is -1.83. The first kappa shape index (κ1) is 18.9. The Kier molecular flexibility index (Phi) is 5.41. The fraction of sp³-hybridized carbons (Fsp3) is 0.263. The summed E-state index contributed by atoms with van der Waals surface area (Å²) in [5.74, 6) is 0.600. The van der Waals surface area contributed by atoms with Crippen molar-refractivity contribution in [1.29, 1.82) is 0 Å². The fourth-order valence-electron chi connectivity index (χ4n) is 2.86. The molecule has 26 heavy (non-hydrogen) atoms. The molecule has 0 unspecified atom stereocenters. The normalized spacial score (nSPS) is 12.0. The molecule has 0 amide bonds. The third-order valence-corrected chi connectivity index (χ3v) is 6.43. The number of aromatic nitrogens is 1. The lowest BCUT2D eigenvalue weighted by molar-refractivity contribution is 0.262. The van der Waals surface area contributed by atoms with Gasteiger partial charge in [0.25, 0.3) is 10.0 Å². The molecule has 0 bridgehead atoms. The van der Waals surface area contributed by atoms with Crippen LogP contribution in [0.15, 0.2) is 57.9 Å². The predicted molar refractivity (Wildman–Crippen MR) is 107 cm³/mol. The molecule has 0 atom stereocenters. The van der Waals surface area contributed by atoms with Gasteiger partial charge in [-0.3, -0.25) is 0 Å². The van der Waals surface area contributed by atoms with Crippen LogP contribution in [0, 0.1) is 6.92 Å². The second kappa shape index (κ2) is 7.42. The minimum atomic E-state index is -3.72. The molecule has 3 rings (SSSR count). The van der Waals surface area contributed by atoms with Crippen molar-refractivity contribution in [3.05, 3.63) is 58.7 Å². The lowest BCUT2D eigenvalue weighted by atomic mass is 10.2. The number of ether oxygens (including phenoxy) is 1. The van der Waals surface area contributed by atoms with Crippen LogP contribution in [0.4, 0.5) is 0 Å². The van der Waals surface area contributed by atoms with E-state index in [-0.39, 0.29) is 4.90 Å². The number of hydrogen-bond acceptors (Lipinski definition) is 4. The highest BCUT2D eigenvalue weighted by atomic mass is 79.9. The minimum absolute atomic E-state index is 0.253. The van der Waals surface area contributed by atoms with Gasteiger partial charge < -0.3 is 9.64 Å². The van der Waals surface area contributed by atoms with Crippen molar-refractivity contribution in [3.8, 4) is 5.75 Å². The smallest absolute Gasteiger partial charge is 0.268 e. The highest BCUT2D eigenvalue weighted by molar-refractivity contribution is 9.10. The van der Waals surface area contributed by atoms with E-state index in [1.165, 1.54) is 3.97 Å². The first-order valence-corrected chi connectivity index (χ1v) is 10.4. The molecule has 0 saturated carbocycles. The van der Waals surface area contributed by atoms with Crippen molar-refractivity contribution >= 4 is 36.9 Å².